The van der Waals surface area contributed by atoms with E-state index in [0.717, 1.165) is 49.3 Å². The van der Waals surface area contributed by atoms with E-state index in [1.54, 1.807) is 7.11 Å². The number of hydrogen-bond acceptors (Lipinski definition) is 3. The van der Waals surface area contributed by atoms with Crippen molar-refractivity contribution in [3.63, 3.8) is 0 Å². The molecule has 0 bridgehead atoms. The molecular weight excluding hydrogens is 342 g/mol. The predicted molar refractivity (Wildman–Crippen MR) is 112 cm³/mol. The van der Waals surface area contributed by atoms with Crippen LogP contribution in [0.5, 0.6) is 5.75 Å². The molecule has 138 valence electrons. The Balaban J connectivity index is 1.53. The molecular formula is C21H27N3OS. The van der Waals surface area contributed by atoms with Crippen LogP contribution in [0.2, 0.25) is 0 Å². The average molecular weight is 370 g/mol. The topological polar surface area (TPSA) is 27.7 Å². The summed E-state index contributed by atoms with van der Waals surface area (Å²) >= 11 is 5.63. The normalized spacial score (nSPS) is 15.0. The number of methoxy groups -OCH3 is 1. The van der Waals surface area contributed by atoms with E-state index in [1.165, 1.54) is 16.7 Å². The number of hydrogen-bond donors (Lipinski definition) is 1. The van der Waals surface area contributed by atoms with Crippen molar-refractivity contribution in [1.29, 1.82) is 0 Å². The molecule has 5 heteroatoms. The SMILES string of the molecule is COc1ccc(C)cc1NC(=S)N1CCN(Cc2ccc(C)cc2)CC1. The summed E-state index contributed by atoms with van der Waals surface area (Å²) in [7, 11) is 1.68. The van der Waals surface area contributed by atoms with Gasteiger partial charge in [0.25, 0.3) is 0 Å². The van der Waals surface area contributed by atoms with Crippen molar-refractivity contribution in [2.75, 3.05) is 38.6 Å². The first-order valence-corrected chi connectivity index (χ1v) is 9.44. The van der Waals surface area contributed by atoms with E-state index in [9.17, 15) is 0 Å². The number of nitrogens with one attached hydrogen (secondary N) is 1. The lowest BCUT2D eigenvalue weighted by molar-refractivity contribution is 0.177. The lowest BCUT2D eigenvalue weighted by Crippen LogP contribution is -2.49. The molecule has 2 aromatic rings. The van der Waals surface area contributed by atoms with Gasteiger partial charge in [-0.25, -0.2) is 0 Å². The Labute approximate surface area is 161 Å². The minimum atomic E-state index is 0.767. The molecule has 26 heavy (non-hydrogen) atoms. The molecule has 0 aliphatic carbocycles. The van der Waals surface area contributed by atoms with Crippen molar-refractivity contribution in [2.24, 2.45) is 0 Å². The number of aryl methyl sites for hydroxylation is 2. The highest BCUT2D eigenvalue weighted by atomic mass is 32.1. The van der Waals surface area contributed by atoms with Crippen LogP contribution in [0.3, 0.4) is 0 Å². The molecule has 2 aromatic carbocycles. The summed E-state index contributed by atoms with van der Waals surface area (Å²) in [6.07, 6.45) is 0. The minimum Gasteiger partial charge on any atom is -0.495 e. The van der Waals surface area contributed by atoms with Crippen LogP contribution in [0, 0.1) is 13.8 Å². The highest BCUT2D eigenvalue weighted by Gasteiger charge is 2.19. The van der Waals surface area contributed by atoms with Gasteiger partial charge in [-0.3, -0.25) is 4.90 Å². The van der Waals surface area contributed by atoms with E-state index >= 15 is 0 Å². The number of piperazine rings is 1. The van der Waals surface area contributed by atoms with Crippen LogP contribution in [0.4, 0.5) is 5.69 Å². The van der Waals surface area contributed by atoms with Crippen molar-refractivity contribution >= 4 is 23.0 Å². The van der Waals surface area contributed by atoms with Crippen molar-refractivity contribution in [3.05, 3.63) is 59.2 Å². The average Bonchev–Trinajstić information content (AvgIpc) is 2.64. The molecule has 0 amide bonds. The van der Waals surface area contributed by atoms with Gasteiger partial charge in [0.05, 0.1) is 12.8 Å². The standard InChI is InChI=1S/C21H27N3OS/c1-16-4-7-18(8-5-16)15-23-10-12-24(13-11-23)21(26)22-19-14-17(2)6-9-20(19)25-3/h4-9,14H,10-13,15H2,1-3H3,(H,22,26). The Morgan fingerprint density at radius 1 is 1.00 bits per heavy atom. The molecule has 1 N–H and O–H groups in total. The second-order valence-electron chi connectivity index (χ2n) is 6.88. The molecule has 0 atom stereocenters. The molecule has 1 saturated heterocycles. The van der Waals surface area contributed by atoms with E-state index in [4.69, 9.17) is 17.0 Å². The zero-order valence-electron chi connectivity index (χ0n) is 15.8. The summed E-state index contributed by atoms with van der Waals surface area (Å²) in [5.74, 6) is 0.816. The van der Waals surface area contributed by atoms with Crippen LogP contribution < -0.4 is 10.1 Å². The summed E-state index contributed by atoms with van der Waals surface area (Å²) in [4.78, 5) is 4.72. The van der Waals surface area contributed by atoms with Gasteiger partial charge in [0.2, 0.25) is 0 Å². The van der Waals surface area contributed by atoms with Crippen LogP contribution in [0.25, 0.3) is 0 Å². The molecule has 1 aliphatic heterocycles. The molecule has 4 nitrogen and oxygen atoms in total. The number of anilines is 1. The number of benzene rings is 2. The van der Waals surface area contributed by atoms with E-state index < -0.39 is 0 Å². The zero-order chi connectivity index (χ0) is 18.5. The summed E-state index contributed by atoms with van der Waals surface area (Å²) < 4.78 is 5.43. The van der Waals surface area contributed by atoms with Gasteiger partial charge in [-0.2, -0.15) is 0 Å². The van der Waals surface area contributed by atoms with Crippen LogP contribution >= 0.6 is 12.2 Å². The van der Waals surface area contributed by atoms with E-state index in [1.807, 2.05) is 12.1 Å². The van der Waals surface area contributed by atoms with Crippen molar-refractivity contribution in [1.82, 2.24) is 9.80 Å². The summed E-state index contributed by atoms with van der Waals surface area (Å²) in [5.41, 5.74) is 4.79. The summed E-state index contributed by atoms with van der Waals surface area (Å²) in [6, 6.07) is 14.9. The van der Waals surface area contributed by atoms with Crippen molar-refractivity contribution in [2.45, 2.75) is 20.4 Å². The largest absolute Gasteiger partial charge is 0.495 e. The first-order valence-electron chi connectivity index (χ1n) is 9.03. The maximum absolute atomic E-state index is 5.63. The molecule has 0 spiro atoms. The Hall–Kier alpha value is -2.11. The maximum atomic E-state index is 5.63. The first kappa shape index (κ1) is 18.7. The first-order chi connectivity index (χ1) is 12.5. The Morgan fingerprint density at radius 2 is 1.65 bits per heavy atom. The second-order valence-corrected chi connectivity index (χ2v) is 7.27. The third-order valence-corrected chi connectivity index (χ3v) is 5.14. The van der Waals surface area contributed by atoms with Gasteiger partial charge >= 0.3 is 0 Å². The monoisotopic (exact) mass is 369 g/mol. The van der Waals surface area contributed by atoms with Gasteiger partial charge < -0.3 is 15.0 Å². The highest BCUT2D eigenvalue weighted by molar-refractivity contribution is 7.80. The van der Waals surface area contributed by atoms with Crippen molar-refractivity contribution in [3.8, 4) is 5.75 Å². The third kappa shape index (κ3) is 4.74. The van der Waals surface area contributed by atoms with E-state index in [2.05, 4.69) is 59.3 Å². The molecule has 1 aliphatic rings. The van der Waals surface area contributed by atoms with E-state index in [-0.39, 0.29) is 0 Å². The smallest absolute Gasteiger partial charge is 0.173 e. The lowest BCUT2D eigenvalue weighted by Gasteiger charge is -2.36. The van der Waals surface area contributed by atoms with Gasteiger partial charge in [-0.1, -0.05) is 35.9 Å². The molecule has 1 heterocycles. The van der Waals surface area contributed by atoms with Gasteiger partial charge in [-0.05, 0) is 49.3 Å². The van der Waals surface area contributed by atoms with Crippen LogP contribution in [0.1, 0.15) is 16.7 Å². The summed E-state index contributed by atoms with van der Waals surface area (Å²) in [5, 5.41) is 4.12. The fraction of sp³-hybridized carbons (Fsp3) is 0.381. The van der Waals surface area contributed by atoms with Crippen LogP contribution in [-0.4, -0.2) is 48.2 Å². The number of ether oxygens (including phenoxy) is 1. The summed E-state index contributed by atoms with van der Waals surface area (Å²) in [6.45, 7) is 9.09. The van der Waals surface area contributed by atoms with Crippen LogP contribution in [-0.2, 0) is 6.54 Å². The number of thiocarbonyl (C=S) groups is 1. The van der Waals surface area contributed by atoms with Gasteiger partial charge in [0.15, 0.2) is 5.11 Å². The Bertz CT molecular complexity index is 752. The number of nitrogens with zero attached hydrogens (tertiary/aromatic N) is 2. The molecule has 0 aromatic heterocycles. The van der Waals surface area contributed by atoms with E-state index in [0.29, 0.717) is 0 Å². The minimum absolute atomic E-state index is 0.767. The zero-order valence-corrected chi connectivity index (χ0v) is 16.6. The Kier molecular flexibility index (Phi) is 6.12. The third-order valence-electron chi connectivity index (χ3n) is 4.78. The number of rotatable bonds is 4. The molecule has 3 rings (SSSR count). The predicted octanol–water partition coefficient (Wildman–Crippen LogP) is 3.83. The lowest BCUT2D eigenvalue weighted by atomic mass is 10.1. The highest BCUT2D eigenvalue weighted by Crippen LogP contribution is 2.25. The van der Waals surface area contributed by atoms with Gasteiger partial charge in [-0.15, -0.1) is 0 Å². The molecule has 1 fully saturated rings. The molecule has 0 radical (unpaired) electrons. The van der Waals surface area contributed by atoms with Crippen LogP contribution in [0.15, 0.2) is 42.5 Å². The maximum Gasteiger partial charge on any atom is 0.173 e. The van der Waals surface area contributed by atoms with Crippen molar-refractivity contribution < 1.29 is 4.74 Å². The molecule has 0 saturated carbocycles. The quantitative estimate of drug-likeness (QED) is 0.827. The Morgan fingerprint density at radius 3 is 2.31 bits per heavy atom. The molecule has 0 unspecified atom stereocenters. The fourth-order valence-corrected chi connectivity index (χ4v) is 3.47. The van der Waals surface area contributed by atoms with Gasteiger partial charge in [0, 0.05) is 32.7 Å². The second kappa shape index (κ2) is 8.52. The fourth-order valence-electron chi connectivity index (χ4n) is 3.17. The van der Waals surface area contributed by atoms with Gasteiger partial charge in [0.1, 0.15) is 5.75 Å².